The lowest BCUT2D eigenvalue weighted by Gasteiger charge is -2.04. The number of pyridine rings is 5. The van der Waals surface area contributed by atoms with E-state index in [1.165, 1.54) is 50.1 Å². The van der Waals surface area contributed by atoms with Crippen molar-refractivity contribution in [1.29, 1.82) is 0 Å². The van der Waals surface area contributed by atoms with Crippen molar-refractivity contribution in [3.05, 3.63) is 332 Å². The van der Waals surface area contributed by atoms with Gasteiger partial charge in [-0.1, -0.05) is 241 Å². The average Bonchev–Trinajstić information content (AvgIpc) is 1.68. The number of aryl methyl sites for hydroxylation is 5. The topological polar surface area (TPSA) is 130 Å². The number of aromatic nitrogens is 5. The van der Waals surface area contributed by atoms with E-state index in [1.807, 2.05) is 91.6 Å². The summed E-state index contributed by atoms with van der Waals surface area (Å²) in [4.78, 5) is 21.6. The first-order valence-corrected chi connectivity index (χ1v) is 36.1. The number of hydrogen-bond acceptors (Lipinski definition) is 10. The SMILES string of the molecule is CCc1cccc(-c2cccc3c2oc2ccncc23)c1.CCc1cccc(-c2cccc3c2oc2cnccc23)c1.CCc1cccc(-c2cccc3c2oc2ncccc23)c1.CCc1cccc(-c2ccnc3c2oc2ccccc23)c1.CCc1cccc(-c2cncc3c2oc2ccccc23)c1. The minimum Gasteiger partial charge on any atom is -0.455 e. The van der Waals surface area contributed by atoms with Crippen molar-refractivity contribution in [3.63, 3.8) is 0 Å². The zero-order chi connectivity index (χ0) is 71.2. The minimum atomic E-state index is 0.701. The number of hydrogen-bond donors (Lipinski definition) is 0. The molecule has 0 saturated carbocycles. The van der Waals surface area contributed by atoms with Gasteiger partial charge in [0, 0.05) is 120 Å². The van der Waals surface area contributed by atoms with Gasteiger partial charge in [-0.3, -0.25) is 19.9 Å². The summed E-state index contributed by atoms with van der Waals surface area (Å²) in [6.45, 7) is 10.9. The standard InChI is InChI=1S/5C19H15NO/c1-2-13-6-3-7-14(12-13)15-8-4-9-16-17-10-5-11-20-19(17)21-18(15)16;1-2-13-5-3-6-14(11-13)15-7-4-8-17-16-9-10-20-12-18(16)21-19(15)17;1-2-13-5-3-6-14(11-13)15-7-4-8-16-17-12-20-10-9-18(17)21-19(15)16;1-2-13-6-5-7-14(10-13)16-11-20-12-17-15-8-3-4-9-18(15)21-19(16)17;1-2-13-6-5-7-14(12-13)15-10-11-20-18-16-8-3-4-9-17(16)21-19(15)18/h5*3-12H,2H2,1H3. The summed E-state index contributed by atoms with van der Waals surface area (Å²) in [6.07, 6.45) is 19.8. The molecule has 105 heavy (non-hydrogen) atoms. The van der Waals surface area contributed by atoms with E-state index in [4.69, 9.17) is 22.1 Å². The van der Waals surface area contributed by atoms with Gasteiger partial charge in [-0.05, 0) is 136 Å². The van der Waals surface area contributed by atoms with Crippen LogP contribution in [0.5, 0.6) is 0 Å². The Hall–Kier alpha value is -13.1. The normalized spacial score (nSPS) is 11.3. The van der Waals surface area contributed by atoms with Crippen LogP contribution < -0.4 is 0 Å². The summed E-state index contributed by atoms with van der Waals surface area (Å²) in [5.74, 6) is 0. The molecule has 0 aliphatic rings. The molecule has 0 atom stereocenters. The molecular formula is C95H75N5O5. The van der Waals surface area contributed by atoms with Crippen LogP contribution in [-0.4, -0.2) is 24.9 Å². The highest BCUT2D eigenvalue weighted by atomic mass is 16.3. The largest absolute Gasteiger partial charge is 0.455 e. The van der Waals surface area contributed by atoms with E-state index in [2.05, 4.69) is 254 Å². The highest BCUT2D eigenvalue weighted by molar-refractivity contribution is 6.13. The monoisotopic (exact) mass is 1370 g/mol. The Balaban J connectivity index is 0.000000101. The first kappa shape index (κ1) is 66.5. The molecule has 0 amide bonds. The van der Waals surface area contributed by atoms with Gasteiger partial charge in [0.15, 0.2) is 11.2 Å². The van der Waals surface area contributed by atoms with Crippen molar-refractivity contribution in [1.82, 2.24) is 24.9 Å². The molecule has 10 aromatic carbocycles. The lowest BCUT2D eigenvalue weighted by molar-refractivity contribution is 0.655. The van der Waals surface area contributed by atoms with E-state index in [-0.39, 0.29) is 0 Å². The molecule has 0 fully saturated rings. The molecular weight excluding hydrogens is 1290 g/mol. The second-order valence-corrected chi connectivity index (χ2v) is 26.0. The number of para-hydroxylation sites is 5. The Bertz CT molecular complexity index is 5600. The van der Waals surface area contributed by atoms with E-state index in [1.54, 1.807) is 18.6 Å². The maximum atomic E-state index is 6.07. The van der Waals surface area contributed by atoms with E-state index in [0.29, 0.717) is 5.71 Å². The van der Waals surface area contributed by atoms with E-state index >= 15 is 0 Å². The van der Waals surface area contributed by atoms with Gasteiger partial charge in [0.25, 0.3) is 0 Å². The van der Waals surface area contributed by atoms with Crippen LogP contribution >= 0.6 is 0 Å². The predicted octanol–water partition coefficient (Wildman–Crippen LogP) is 26.1. The van der Waals surface area contributed by atoms with Crippen LogP contribution in [0.1, 0.15) is 62.4 Å². The van der Waals surface area contributed by atoms with Crippen molar-refractivity contribution < 1.29 is 22.1 Å². The molecule has 20 aromatic rings. The van der Waals surface area contributed by atoms with Crippen LogP contribution in [0.4, 0.5) is 0 Å². The van der Waals surface area contributed by atoms with Crippen LogP contribution in [0, 0.1) is 0 Å². The number of furan rings is 5. The molecule has 10 heteroatoms. The average molecular weight is 1370 g/mol. The molecule has 0 aliphatic carbocycles. The van der Waals surface area contributed by atoms with Crippen molar-refractivity contribution in [3.8, 4) is 55.6 Å². The van der Waals surface area contributed by atoms with Gasteiger partial charge in [0.2, 0.25) is 5.71 Å². The van der Waals surface area contributed by atoms with Crippen molar-refractivity contribution in [2.45, 2.75) is 66.7 Å². The van der Waals surface area contributed by atoms with E-state index in [9.17, 15) is 0 Å². The molecule has 10 aromatic heterocycles. The quantitative estimate of drug-likeness (QED) is 0.130. The Morgan fingerprint density at radius 2 is 0.619 bits per heavy atom. The minimum absolute atomic E-state index is 0.701. The fourth-order valence-corrected chi connectivity index (χ4v) is 14.1. The van der Waals surface area contributed by atoms with Gasteiger partial charge in [-0.2, -0.15) is 0 Å². The van der Waals surface area contributed by atoms with Gasteiger partial charge >= 0.3 is 0 Å². The molecule has 510 valence electrons. The summed E-state index contributed by atoms with van der Waals surface area (Å²) in [7, 11) is 0. The van der Waals surface area contributed by atoms with Gasteiger partial charge in [-0.25, -0.2) is 4.98 Å². The predicted molar refractivity (Wildman–Crippen MR) is 432 cm³/mol. The third-order valence-corrected chi connectivity index (χ3v) is 19.7. The number of fused-ring (bicyclic) bond motifs is 15. The van der Waals surface area contributed by atoms with Crippen molar-refractivity contribution in [2.24, 2.45) is 0 Å². The van der Waals surface area contributed by atoms with Crippen LogP contribution in [0.3, 0.4) is 0 Å². The number of benzene rings is 10. The second kappa shape index (κ2) is 29.9. The summed E-state index contributed by atoms with van der Waals surface area (Å²) < 4.78 is 30.2. The molecule has 0 saturated heterocycles. The molecule has 20 rings (SSSR count). The third-order valence-electron chi connectivity index (χ3n) is 19.7. The maximum Gasteiger partial charge on any atom is 0.227 e. The highest BCUT2D eigenvalue weighted by Gasteiger charge is 2.18. The zero-order valence-electron chi connectivity index (χ0n) is 59.2. The first-order valence-electron chi connectivity index (χ1n) is 36.1. The molecule has 0 N–H and O–H groups in total. The summed E-state index contributed by atoms with van der Waals surface area (Å²) >= 11 is 0. The van der Waals surface area contributed by atoms with Gasteiger partial charge < -0.3 is 22.1 Å². The molecule has 0 unspecified atom stereocenters. The Kier molecular flexibility index (Phi) is 18.9. The Morgan fingerprint density at radius 3 is 1.18 bits per heavy atom. The van der Waals surface area contributed by atoms with Crippen molar-refractivity contribution in [2.75, 3.05) is 0 Å². The van der Waals surface area contributed by atoms with E-state index < -0.39 is 0 Å². The molecule has 10 heterocycles. The Labute approximate surface area is 608 Å². The fourth-order valence-electron chi connectivity index (χ4n) is 14.1. The van der Waals surface area contributed by atoms with Crippen LogP contribution in [0.15, 0.2) is 326 Å². The smallest absolute Gasteiger partial charge is 0.227 e. The number of nitrogens with zero attached hydrogens (tertiary/aromatic N) is 5. The molecule has 0 aliphatic heterocycles. The van der Waals surface area contributed by atoms with Crippen molar-refractivity contribution >= 4 is 110 Å². The van der Waals surface area contributed by atoms with Gasteiger partial charge in [0.1, 0.15) is 44.6 Å². The summed E-state index contributed by atoms with van der Waals surface area (Å²) in [5.41, 5.74) is 27.9. The zero-order valence-corrected chi connectivity index (χ0v) is 59.2. The molecule has 10 nitrogen and oxygen atoms in total. The van der Waals surface area contributed by atoms with Gasteiger partial charge in [-0.15, -0.1) is 0 Å². The van der Waals surface area contributed by atoms with Gasteiger partial charge in [0.05, 0.1) is 6.20 Å². The summed E-state index contributed by atoms with van der Waals surface area (Å²) in [6, 6.07) is 88.1. The number of rotatable bonds is 10. The first-order chi connectivity index (χ1) is 51.8. The lowest BCUT2D eigenvalue weighted by Crippen LogP contribution is -1.84. The maximum absolute atomic E-state index is 6.07. The third kappa shape index (κ3) is 13.4. The molecule has 0 spiro atoms. The molecule has 0 bridgehead atoms. The highest BCUT2D eigenvalue weighted by Crippen LogP contribution is 2.41. The second-order valence-electron chi connectivity index (χ2n) is 26.0. The van der Waals surface area contributed by atoms with Crippen LogP contribution in [0.25, 0.3) is 166 Å². The molecule has 0 radical (unpaired) electrons. The van der Waals surface area contributed by atoms with Crippen LogP contribution in [-0.2, 0) is 32.1 Å². The fraction of sp³-hybridized carbons (Fsp3) is 0.105. The van der Waals surface area contributed by atoms with E-state index in [0.717, 1.165) is 170 Å². The lowest BCUT2D eigenvalue weighted by atomic mass is 10.00. The van der Waals surface area contributed by atoms with Crippen LogP contribution in [0.2, 0.25) is 0 Å². The summed E-state index contributed by atoms with van der Waals surface area (Å²) in [5, 5.41) is 9.91. The Morgan fingerprint density at radius 1 is 0.229 bits per heavy atom.